The number of allylic oxidation sites excluding steroid dienone is 1. The Hall–Kier alpha value is -2.18. The van der Waals surface area contributed by atoms with E-state index in [-0.39, 0.29) is 13.2 Å². The van der Waals surface area contributed by atoms with Crippen molar-refractivity contribution in [3.63, 3.8) is 0 Å². The van der Waals surface area contributed by atoms with Crippen molar-refractivity contribution in [2.45, 2.75) is 0 Å². The van der Waals surface area contributed by atoms with Crippen molar-refractivity contribution in [2.75, 3.05) is 13.2 Å². The third-order valence-corrected chi connectivity index (χ3v) is 0.770. The lowest BCUT2D eigenvalue weighted by molar-refractivity contribution is -0.137. The molecule has 0 N–H and O–H groups in total. The minimum Gasteiger partial charge on any atom is -0.461 e. The van der Waals surface area contributed by atoms with E-state index >= 15 is 0 Å². The van der Waals surface area contributed by atoms with E-state index in [4.69, 9.17) is 5.26 Å². The van der Waals surface area contributed by atoms with Crippen LogP contribution in [0.3, 0.4) is 0 Å². The molecule has 0 rings (SSSR count). The number of esters is 1. The summed E-state index contributed by atoms with van der Waals surface area (Å²) in [4.78, 5) is 22.9. The molecule has 0 aliphatic rings. The summed E-state index contributed by atoms with van der Waals surface area (Å²) in [5.74, 6) is -0.513. The fourth-order valence-corrected chi connectivity index (χ4v) is 0.296. The Labute approximate surface area is 82.0 Å². The van der Waals surface area contributed by atoms with Gasteiger partial charge in [-0.3, -0.25) is 0 Å². The van der Waals surface area contributed by atoms with E-state index in [2.05, 4.69) is 22.9 Å². The van der Waals surface area contributed by atoms with E-state index in [1.165, 1.54) is 12.2 Å². The molecular weight excluding hydrogens is 184 g/mol. The number of nitriles is 1. The number of nitrogens with zero attached hydrogens (tertiary/aromatic N) is 2. The smallest absolute Gasteiger partial charge is 0.330 e. The zero-order chi connectivity index (χ0) is 11.2. The molecule has 0 aromatic carbocycles. The van der Waals surface area contributed by atoms with Gasteiger partial charge in [-0.25, -0.2) is 14.6 Å². The summed E-state index contributed by atoms with van der Waals surface area (Å²) in [6.45, 7) is 6.55. The molecule has 0 aromatic rings. The number of carbonyl (C=O) groups is 1. The molecule has 0 atom stereocenters. The highest BCUT2D eigenvalue weighted by Gasteiger charge is 1.91. The largest absolute Gasteiger partial charge is 0.461 e. The SMILES string of the molecule is C=CC#N.C=CC(=O)OCCN=C=O. The average molecular weight is 194 g/mol. The van der Waals surface area contributed by atoms with Crippen molar-refractivity contribution in [1.82, 2.24) is 0 Å². The maximum Gasteiger partial charge on any atom is 0.330 e. The molecule has 0 amide bonds. The van der Waals surface area contributed by atoms with Crippen LogP contribution in [0.4, 0.5) is 0 Å². The topological polar surface area (TPSA) is 79.5 Å². The van der Waals surface area contributed by atoms with Gasteiger partial charge in [0.25, 0.3) is 0 Å². The zero-order valence-corrected chi connectivity index (χ0v) is 7.60. The number of isocyanates is 1. The second kappa shape index (κ2) is 13.4. The summed E-state index contributed by atoms with van der Waals surface area (Å²) >= 11 is 0. The monoisotopic (exact) mass is 194 g/mol. The summed E-state index contributed by atoms with van der Waals surface area (Å²) in [6, 6.07) is 1.69. The van der Waals surface area contributed by atoms with Crippen molar-refractivity contribution in [3.05, 3.63) is 25.3 Å². The zero-order valence-electron chi connectivity index (χ0n) is 7.60. The molecule has 0 unspecified atom stereocenters. The Morgan fingerprint density at radius 3 is 2.50 bits per heavy atom. The lowest BCUT2D eigenvalue weighted by Crippen LogP contribution is -2.03. The number of carbonyl (C=O) groups excluding carboxylic acids is 2. The first-order chi connectivity index (χ1) is 6.72. The van der Waals surface area contributed by atoms with Gasteiger partial charge >= 0.3 is 5.97 Å². The van der Waals surface area contributed by atoms with Crippen LogP contribution in [0.2, 0.25) is 0 Å². The first-order valence-corrected chi connectivity index (χ1v) is 3.56. The van der Waals surface area contributed by atoms with Gasteiger partial charge in [0, 0.05) is 12.2 Å². The normalized spacial score (nSPS) is 6.50. The van der Waals surface area contributed by atoms with E-state index in [0.29, 0.717) is 0 Å². The molecule has 0 fully saturated rings. The Kier molecular flexibility index (Phi) is 13.7. The van der Waals surface area contributed by atoms with Crippen LogP contribution in [0.25, 0.3) is 0 Å². The van der Waals surface area contributed by atoms with E-state index < -0.39 is 5.97 Å². The fourth-order valence-electron chi connectivity index (χ4n) is 0.296. The van der Waals surface area contributed by atoms with Crippen LogP contribution in [-0.2, 0) is 14.3 Å². The van der Waals surface area contributed by atoms with Crippen LogP contribution >= 0.6 is 0 Å². The van der Waals surface area contributed by atoms with Gasteiger partial charge < -0.3 is 4.74 Å². The summed E-state index contributed by atoms with van der Waals surface area (Å²) in [6.07, 6.45) is 3.54. The van der Waals surface area contributed by atoms with Gasteiger partial charge in [-0.05, 0) is 0 Å². The van der Waals surface area contributed by atoms with Gasteiger partial charge in [0.1, 0.15) is 6.61 Å². The van der Waals surface area contributed by atoms with Crippen LogP contribution in [-0.4, -0.2) is 25.2 Å². The molecule has 0 aliphatic carbocycles. The molecular formula is C9H10N2O3. The van der Waals surface area contributed by atoms with E-state index in [9.17, 15) is 9.59 Å². The van der Waals surface area contributed by atoms with E-state index in [1.54, 1.807) is 6.07 Å². The second-order valence-corrected chi connectivity index (χ2v) is 1.68. The van der Waals surface area contributed by atoms with Crippen molar-refractivity contribution in [2.24, 2.45) is 4.99 Å². The minimum atomic E-state index is -0.513. The molecule has 5 heteroatoms. The van der Waals surface area contributed by atoms with Crippen molar-refractivity contribution < 1.29 is 14.3 Å². The first kappa shape index (κ1) is 14.3. The predicted molar refractivity (Wildman–Crippen MR) is 50.0 cm³/mol. The number of ether oxygens (including phenoxy) is 1. The van der Waals surface area contributed by atoms with Gasteiger partial charge in [0.2, 0.25) is 6.08 Å². The van der Waals surface area contributed by atoms with Crippen molar-refractivity contribution >= 4 is 12.0 Å². The molecule has 0 spiro atoms. The molecule has 0 radical (unpaired) electrons. The summed E-state index contributed by atoms with van der Waals surface area (Å²) in [7, 11) is 0. The highest BCUT2D eigenvalue weighted by atomic mass is 16.5. The molecule has 0 heterocycles. The van der Waals surface area contributed by atoms with Crippen LogP contribution in [0, 0.1) is 11.3 Å². The summed E-state index contributed by atoms with van der Waals surface area (Å²) in [5, 5.41) is 7.51. The predicted octanol–water partition coefficient (Wildman–Crippen LogP) is 0.747. The van der Waals surface area contributed by atoms with Crippen molar-refractivity contribution in [3.8, 4) is 6.07 Å². The first-order valence-electron chi connectivity index (χ1n) is 3.56. The molecule has 0 aromatic heterocycles. The molecule has 0 saturated heterocycles. The van der Waals surface area contributed by atoms with Gasteiger partial charge in [-0.2, -0.15) is 5.26 Å². The van der Waals surface area contributed by atoms with Crippen LogP contribution in [0.1, 0.15) is 0 Å². The summed E-state index contributed by atoms with van der Waals surface area (Å²) < 4.78 is 4.46. The standard InChI is InChI=1S/C6H7NO3.C3H3N/c1-2-6(9)10-4-3-7-5-8;1-2-3-4/h2H,1,3-4H2;2H,1H2. The molecule has 5 nitrogen and oxygen atoms in total. The van der Waals surface area contributed by atoms with Crippen LogP contribution in [0.5, 0.6) is 0 Å². The van der Waals surface area contributed by atoms with E-state index in [1.807, 2.05) is 0 Å². The molecule has 14 heavy (non-hydrogen) atoms. The lowest BCUT2D eigenvalue weighted by atomic mass is 10.6. The Balaban J connectivity index is 0. The number of rotatable bonds is 4. The van der Waals surface area contributed by atoms with Crippen LogP contribution < -0.4 is 0 Å². The Morgan fingerprint density at radius 2 is 2.14 bits per heavy atom. The third-order valence-electron chi connectivity index (χ3n) is 0.770. The van der Waals surface area contributed by atoms with Crippen LogP contribution in [0.15, 0.2) is 30.3 Å². The van der Waals surface area contributed by atoms with Gasteiger partial charge in [-0.1, -0.05) is 13.2 Å². The second-order valence-electron chi connectivity index (χ2n) is 1.68. The van der Waals surface area contributed by atoms with Crippen molar-refractivity contribution in [1.29, 1.82) is 5.26 Å². The molecule has 0 aliphatic heterocycles. The maximum atomic E-state index is 10.3. The molecule has 0 bridgehead atoms. The minimum absolute atomic E-state index is 0.0973. The third kappa shape index (κ3) is 16.4. The van der Waals surface area contributed by atoms with E-state index in [0.717, 1.165) is 6.08 Å². The summed E-state index contributed by atoms with van der Waals surface area (Å²) in [5.41, 5.74) is 0. The Morgan fingerprint density at radius 1 is 1.57 bits per heavy atom. The number of hydrogen-bond acceptors (Lipinski definition) is 5. The Bertz CT molecular complexity index is 272. The van der Waals surface area contributed by atoms with Gasteiger partial charge in [0.05, 0.1) is 12.6 Å². The number of hydrogen-bond donors (Lipinski definition) is 0. The van der Waals surface area contributed by atoms with Gasteiger partial charge in [-0.15, -0.1) is 0 Å². The maximum absolute atomic E-state index is 10.3. The molecule has 74 valence electrons. The lowest BCUT2D eigenvalue weighted by Gasteiger charge is -1.94. The van der Waals surface area contributed by atoms with Gasteiger partial charge in [0.15, 0.2) is 0 Å². The molecule has 0 saturated carbocycles. The highest BCUT2D eigenvalue weighted by Crippen LogP contribution is 1.78. The number of aliphatic imine (C=N–C) groups is 1. The fraction of sp³-hybridized carbons (Fsp3) is 0.222. The highest BCUT2D eigenvalue weighted by molar-refractivity contribution is 5.81. The average Bonchev–Trinajstić information content (AvgIpc) is 2.24. The quantitative estimate of drug-likeness (QED) is 0.165.